The Morgan fingerprint density at radius 3 is 2.40 bits per heavy atom. The van der Waals surface area contributed by atoms with Gasteiger partial charge in [0.2, 0.25) is 0 Å². The van der Waals surface area contributed by atoms with Crippen molar-refractivity contribution in [3.63, 3.8) is 0 Å². The van der Waals surface area contributed by atoms with Crippen molar-refractivity contribution in [2.24, 2.45) is 11.8 Å². The van der Waals surface area contributed by atoms with Gasteiger partial charge in [-0.15, -0.1) is 0 Å². The Hall–Kier alpha value is -0.300. The summed E-state index contributed by atoms with van der Waals surface area (Å²) in [5.74, 6) is 1.52. The second kappa shape index (κ2) is 6.32. The molecule has 0 aromatic rings. The average Bonchev–Trinajstić information content (AvgIpc) is 2.18. The van der Waals surface area contributed by atoms with E-state index >= 15 is 0 Å². The zero-order valence-electron chi connectivity index (χ0n) is 10.8. The fourth-order valence-electron chi connectivity index (χ4n) is 2.36. The van der Waals surface area contributed by atoms with Gasteiger partial charge in [0.05, 0.1) is 0 Å². The van der Waals surface area contributed by atoms with Gasteiger partial charge in [0.1, 0.15) is 0 Å². The summed E-state index contributed by atoms with van der Waals surface area (Å²) < 4.78 is 0. The molecule has 1 nitrogen and oxygen atoms in total. The second-order valence-electron chi connectivity index (χ2n) is 5.44. The lowest BCUT2D eigenvalue weighted by Crippen LogP contribution is -2.32. The summed E-state index contributed by atoms with van der Waals surface area (Å²) in [6.07, 6.45) is 7.93. The molecule has 0 aromatic heterocycles. The molecule has 0 amide bonds. The summed E-state index contributed by atoms with van der Waals surface area (Å²) >= 11 is 0. The van der Waals surface area contributed by atoms with E-state index in [1.54, 1.807) is 5.57 Å². The summed E-state index contributed by atoms with van der Waals surface area (Å²) in [4.78, 5) is 0. The van der Waals surface area contributed by atoms with Crippen LogP contribution in [0.25, 0.3) is 0 Å². The van der Waals surface area contributed by atoms with Gasteiger partial charge in [-0.1, -0.05) is 39.3 Å². The quantitative estimate of drug-likeness (QED) is 0.680. The van der Waals surface area contributed by atoms with Crippen LogP contribution < -0.4 is 5.32 Å². The SMILES string of the molecule is CC(C)NCC(C1=CCCCC1)C(C)C. The van der Waals surface area contributed by atoms with Crippen LogP contribution >= 0.6 is 0 Å². The van der Waals surface area contributed by atoms with Crippen molar-refractivity contribution in [3.8, 4) is 0 Å². The molecule has 0 fully saturated rings. The number of hydrogen-bond acceptors (Lipinski definition) is 1. The molecule has 1 heteroatoms. The first-order valence-electron chi connectivity index (χ1n) is 6.53. The maximum Gasteiger partial charge on any atom is 0.00217 e. The molecular formula is C14H27N. The zero-order valence-corrected chi connectivity index (χ0v) is 10.8. The van der Waals surface area contributed by atoms with E-state index in [9.17, 15) is 0 Å². The first-order valence-corrected chi connectivity index (χ1v) is 6.53. The highest BCUT2D eigenvalue weighted by molar-refractivity contribution is 5.10. The molecule has 0 saturated carbocycles. The summed E-state index contributed by atoms with van der Waals surface area (Å²) in [5, 5.41) is 3.58. The molecule has 1 rings (SSSR count). The molecule has 0 saturated heterocycles. The minimum absolute atomic E-state index is 0.607. The molecule has 1 unspecified atom stereocenters. The average molecular weight is 209 g/mol. The van der Waals surface area contributed by atoms with E-state index in [4.69, 9.17) is 0 Å². The third-order valence-electron chi connectivity index (χ3n) is 3.35. The number of nitrogens with one attached hydrogen (secondary N) is 1. The van der Waals surface area contributed by atoms with Gasteiger partial charge < -0.3 is 5.32 Å². The highest BCUT2D eigenvalue weighted by Crippen LogP contribution is 2.28. The minimum atomic E-state index is 0.607. The van der Waals surface area contributed by atoms with Crippen molar-refractivity contribution in [1.82, 2.24) is 5.32 Å². The van der Waals surface area contributed by atoms with E-state index < -0.39 is 0 Å². The van der Waals surface area contributed by atoms with Crippen LogP contribution in [0, 0.1) is 11.8 Å². The minimum Gasteiger partial charge on any atom is -0.314 e. The molecule has 1 atom stereocenters. The summed E-state index contributed by atoms with van der Waals surface area (Å²) in [7, 11) is 0. The van der Waals surface area contributed by atoms with Crippen molar-refractivity contribution in [1.29, 1.82) is 0 Å². The Kier molecular flexibility index (Phi) is 5.38. The lowest BCUT2D eigenvalue weighted by Gasteiger charge is -2.27. The van der Waals surface area contributed by atoms with Crippen molar-refractivity contribution >= 4 is 0 Å². The third kappa shape index (κ3) is 4.38. The first-order chi connectivity index (χ1) is 7.11. The van der Waals surface area contributed by atoms with E-state index in [1.807, 2.05) is 0 Å². The van der Waals surface area contributed by atoms with E-state index in [0.717, 1.165) is 18.4 Å². The van der Waals surface area contributed by atoms with Crippen molar-refractivity contribution in [2.45, 2.75) is 59.4 Å². The first kappa shape index (κ1) is 12.8. The highest BCUT2D eigenvalue weighted by Gasteiger charge is 2.19. The molecule has 1 aliphatic carbocycles. The fraction of sp³-hybridized carbons (Fsp3) is 0.857. The van der Waals surface area contributed by atoms with E-state index in [1.165, 1.54) is 25.7 Å². The van der Waals surface area contributed by atoms with Crippen molar-refractivity contribution in [3.05, 3.63) is 11.6 Å². The van der Waals surface area contributed by atoms with Crippen LogP contribution in [0.5, 0.6) is 0 Å². The lowest BCUT2D eigenvalue weighted by atomic mass is 9.82. The summed E-state index contributed by atoms with van der Waals surface area (Å²) in [6, 6.07) is 0.607. The predicted octanol–water partition coefficient (Wildman–Crippen LogP) is 3.76. The molecule has 15 heavy (non-hydrogen) atoms. The second-order valence-corrected chi connectivity index (χ2v) is 5.44. The maximum absolute atomic E-state index is 3.58. The summed E-state index contributed by atoms with van der Waals surface area (Å²) in [5.41, 5.74) is 1.71. The van der Waals surface area contributed by atoms with Crippen LogP contribution in [0.2, 0.25) is 0 Å². The Morgan fingerprint density at radius 1 is 1.20 bits per heavy atom. The van der Waals surface area contributed by atoms with Crippen LogP contribution in [0.3, 0.4) is 0 Å². The van der Waals surface area contributed by atoms with Gasteiger partial charge in [0.15, 0.2) is 0 Å². The smallest absolute Gasteiger partial charge is 0.00217 e. The lowest BCUT2D eigenvalue weighted by molar-refractivity contribution is 0.382. The van der Waals surface area contributed by atoms with Gasteiger partial charge >= 0.3 is 0 Å². The molecule has 0 radical (unpaired) electrons. The Bertz CT molecular complexity index is 203. The standard InChI is InChI=1S/C14H27N/c1-11(2)14(10-15-12(3)4)13-8-6-5-7-9-13/h8,11-12,14-15H,5-7,9-10H2,1-4H3. The number of allylic oxidation sites excluding steroid dienone is 1. The maximum atomic E-state index is 3.58. The number of rotatable bonds is 5. The molecular weight excluding hydrogens is 182 g/mol. The molecule has 1 aliphatic rings. The summed E-state index contributed by atoms with van der Waals surface area (Å²) in [6.45, 7) is 10.3. The predicted molar refractivity (Wildman–Crippen MR) is 68.0 cm³/mol. The van der Waals surface area contributed by atoms with Crippen molar-refractivity contribution < 1.29 is 0 Å². The van der Waals surface area contributed by atoms with E-state index in [0.29, 0.717) is 6.04 Å². The van der Waals surface area contributed by atoms with Gasteiger partial charge in [-0.2, -0.15) is 0 Å². The number of hydrogen-bond donors (Lipinski definition) is 1. The third-order valence-corrected chi connectivity index (χ3v) is 3.35. The van der Waals surface area contributed by atoms with Gasteiger partial charge in [-0.3, -0.25) is 0 Å². The molecule has 0 aliphatic heterocycles. The van der Waals surface area contributed by atoms with Crippen LogP contribution in [0.4, 0.5) is 0 Å². The van der Waals surface area contributed by atoms with Crippen LogP contribution in [0.15, 0.2) is 11.6 Å². The Morgan fingerprint density at radius 2 is 1.93 bits per heavy atom. The van der Waals surface area contributed by atoms with E-state index in [2.05, 4.69) is 39.1 Å². The molecule has 1 N–H and O–H groups in total. The topological polar surface area (TPSA) is 12.0 Å². The molecule has 0 bridgehead atoms. The fourth-order valence-corrected chi connectivity index (χ4v) is 2.36. The van der Waals surface area contributed by atoms with Gasteiger partial charge in [-0.05, 0) is 37.5 Å². The molecule has 88 valence electrons. The molecule has 0 aromatic carbocycles. The normalized spacial score (nSPS) is 19.5. The highest BCUT2D eigenvalue weighted by atomic mass is 14.9. The van der Waals surface area contributed by atoms with E-state index in [-0.39, 0.29) is 0 Å². The van der Waals surface area contributed by atoms with Gasteiger partial charge in [0, 0.05) is 12.6 Å². The monoisotopic (exact) mass is 209 g/mol. The van der Waals surface area contributed by atoms with Gasteiger partial charge in [-0.25, -0.2) is 0 Å². The van der Waals surface area contributed by atoms with Gasteiger partial charge in [0.25, 0.3) is 0 Å². The molecule has 0 heterocycles. The largest absolute Gasteiger partial charge is 0.314 e. The zero-order chi connectivity index (χ0) is 11.3. The Balaban J connectivity index is 2.52. The van der Waals surface area contributed by atoms with Crippen LogP contribution in [-0.2, 0) is 0 Å². The van der Waals surface area contributed by atoms with Crippen molar-refractivity contribution in [2.75, 3.05) is 6.54 Å². The van der Waals surface area contributed by atoms with Crippen LogP contribution in [0.1, 0.15) is 53.4 Å². The Labute approximate surface area is 95.3 Å². The molecule has 0 spiro atoms. The van der Waals surface area contributed by atoms with Crippen LogP contribution in [-0.4, -0.2) is 12.6 Å².